The van der Waals surface area contributed by atoms with Crippen molar-refractivity contribution in [2.75, 3.05) is 23.7 Å². The molecule has 21 heavy (non-hydrogen) atoms. The highest BCUT2D eigenvalue weighted by molar-refractivity contribution is 5.53. The second-order valence-electron chi connectivity index (χ2n) is 6.65. The van der Waals surface area contributed by atoms with E-state index in [1.165, 1.54) is 50.6 Å². The van der Waals surface area contributed by atoms with Gasteiger partial charge in [-0.15, -0.1) is 0 Å². The molecule has 2 aliphatic rings. The number of likely N-dealkylation sites (N-methyl/N-ethyl adjacent to an activating group) is 1. The molecule has 116 valence electrons. The van der Waals surface area contributed by atoms with E-state index in [1.807, 2.05) is 12.1 Å². The number of hydrogen-bond donors (Lipinski definition) is 1. The Morgan fingerprint density at radius 3 is 2.52 bits per heavy atom. The summed E-state index contributed by atoms with van der Waals surface area (Å²) in [5, 5.41) is 0. The van der Waals surface area contributed by atoms with Gasteiger partial charge in [-0.3, -0.25) is 0 Å². The topological polar surface area (TPSA) is 38.5 Å². The minimum absolute atomic E-state index is 0.226. The predicted molar refractivity (Wildman–Crippen MR) is 88.7 cm³/mol. The Balaban J connectivity index is 1.61. The molecule has 1 aromatic rings. The summed E-state index contributed by atoms with van der Waals surface area (Å²) in [6.07, 6.45) is 9.50. The normalized spacial score (nSPS) is 24.3. The smallest absolute Gasteiger partial charge is 0.0758 e. The van der Waals surface area contributed by atoms with E-state index in [2.05, 4.69) is 24.0 Å². The fourth-order valence-electron chi connectivity index (χ4n) is 3.94. The van der Waals surface area contributed by atoms with E-state index in [0.29, 0.717) is 6.10 Å². The van der Waals surface area contributed by atoms with Crippen LogP contribution in [-0.2, 0) is 4.74 Å². The third-order valence-electron chi connectivity index (χ3n) is 5.17. The van der Waals surface area contributed by atoms with Crippen LogP contribution in [0.5, 0.6) is 0 Å². The third kappa shape index (κ3) is 3.34. The molecule has 1 aromatic carbocycles. The highest BCUT2D eigenvalue weighted by Gasteiger charge is 2.41. The van der Waals surface area contributed by atoms with E-state index in [4.69, 9.17) is 10.5 Å². The van der Waals surface area contributed by atoms with Crippen molar-refractivity contribution >= 4 is 11.4 Å². The minimum Gasteiger partial charge on any atom is -0.399 e. The summed E-state index contributed by atoms with van der Waals surface area (Å²) in [6.45, 7) is 4.22. The minimum atomic E-state index is 0.226. The van der Waals surface area contributed by atoms with E-state index in [9.17, 15) is 0 Å². The van der Waals surface area contributed by atoms with Gasteiger partial charge >= 0.3 is 0 Å². The van der Waals surface area contributed by atoms with Gasteiger partial charge in [0, 0.05) is 24.5 Å². The van der Waals surface area contributed by atoms with Gasteiger partial charge in [-0.2, -0.15) is 0 Å². The number of nitrogens with zero attached hydrogens (tertiary/aromatic N) is 1. The average Bonchev–Trinajstić information content (AvgIpc) is 2.89. The second kappa shape index (κ2) is 6.27. The molecule has 2 fully saturated rings. The Morgan fingerprint density at radius 2 is 1.86 bits per heavy atom. The highest BCUT2D eigenvalue weighted by atomic mass is 16.5. The van der Waals surface area contributed by atoms with E-state index in [1.54, 1.807) is 0 Å². The Hall–Kier alpha value is -1.22. The lowest BCUT2D eigenvalue weighted by molar-refractivity contribution is -0.0604. The Labute approximate surface area is 128 Å². The number of hydrogen-bond acceptors (Lipinski definition) is 3. The number of benzene rings is 1. The van der Waals surface area contributed by atoms with Crippen LogP contribution in [0.25, 0.3) is 0 Å². The largest absolute Gasteiger partial charge is 0.399 e. The van der Waals surface area contributed by atoms with Gasteiger partial charge in [0.1, 0.15) is 0 Å². The Morgan fingerprint density at radius 1 is 1.14 bits per heavy atom. The van der Waals surface area contributed by atoms with Gasteiger partial charge in [0.25, 0.3) is 0 Å². The van der Waals surface area contributed by atoms with Crippen LogP contribution < -0.4 is 10.6 Å². The van der Waals surface area contributed by atoms with Crippen molar-refractivity contribution in [1.29, 1.82) is 0 Å². The highest BCUT2D eigenvalue weighted by Crippen LogP contribution is 2.42. The molecule has 2 N–H and O–H groups in total. The molecule has 1 aliphatic heterocycles. The van der Waals surface area contributed by atoms with Gasteiger partial charge in [0.2, 0.25) is 0 Å². The van der Waals surface area contributed by atoms with Crippen molar-refractivity contribution in [3.63, 3.8) is 0 Å². The summed E-state index contributed by atoms with van der Waals surface area (Å²) in [6, 6.07) is 8.20. The molecular formula is C18H28N2O. The summed E-state index contributed by atoms with van der Waals surface area (Å²) in [5.41, 5.74) is 8.08. The standard InChI is InChI=1S/C18H28N2O/c1-2-20(16-8-6-15(19)7-9-16)14-17-10-13-18(21-17)11-4-3-5-12-18/h6-9,17H,2-5,10-14,19H2,1H3. The SMILES string of the molecule is CCN(CC1CCC2(CCCCC2)O1)c1ccc(N)cc1. The van der Waals surface area contributed by atoms with E-state index in [0.717, 1.165) is 18.8 Å². The van der Waals surface area contributed by atoms with Gasteiger partial charge in [-0.1, -0.05) is 19.3 Å². The molecule has 3 nitrogen and oxygen atoms in total. The van der Waals surface area contributed by atoms with Crippen LogP contribution in [0.4, 0.5) is 11.4 Å². The molecule has 1 saturated carbocycles. The maximum absolute atomic E-state index is 6.50. The lowest BCUT2D eigenvalue weighted by Gasteiger charge is -2.34. The van der Waals surface area contributed by atoms with Gasteiger partial charge in [0.15, 0.2) is 0 Å². The maximum atomic E-state index is 6.50. The van der Waals surface area contributed by atoms with Crippen LogP contribution in [0.15, 0.2) is 24.3 Å². The molecule has 0 radical (unpaired) electrons. The first kappa shape index (κ1) is 14.7. The number of anilines is 2. The molecule has 1 saturated heterocycles. The molecule has 3 heteroatoms. The summed E-state index contributed by atoms with van der Waals surface area (Å²) < 4.78 is 6.50. The zero-order chi connectivity index (χ0) is 14.7. The third-order valence-corrected chi connectivity index (χ3v) is 5.17. The lowest BCUT2D eigenvalue weighted by Crippen LogP contribution is -2.36. The number of nitrogens with two attached hydrogens (primary N) is 1. The summed E-state index contributed by atoms with van der Waals surface area (Å²) in [4.78, 5) is 2.41. The van der Waals surface area contributed by atoms with Crippen LogP contribution in [0.1, 0.15) is 51.9 Å². The summed E-state index contributed by atoms with van der Waals surface area (Å²) >= 11 is 0. The summed E-state index contributed by atoms with van der Waals surface area (Å²) in [7, 11) is 0. The Bertz CT molecular complexity index is 451. The predicted octanol–water partition coefficient (Wildman–Crippen LogP) is 3.98. The second-order valence-corrected chi connectivity index (χ2v) is 6.65. The van der Waals surface area contributed by atoms with Gasteiger partial charge in [-0.25, -0.2) is 0 Å². The van der Waals surface area contributed by atoms with Gasteiger partial charge in [-0.05, 0) is 56.9 Å². The molecule has 0 bridgehead atoms. The molecule has 1 spiro atoms. The van der Waals surface area contributed by atoms with Crippen LogP contribution in [0.3, 0.4) is 0 Å². The maximum Gasteiger partial charge on any atom is 0.0758 e. The molecule has 1 aliphatic carbocycles. The van der Waals surface area contributed by atoms with Gasteiger partial charge in [0.05, 0.1) is 11.7 Å². The van der Waals surface area contributed by atoms with E-state index in [-0.39, 0.29) is 5.60 Å². The molecule has 1 atom stereocenters. The van der Waals surface area contributed by atoms with Gasteiger partial charge < -0.3 is 15.4 Å². The van der Waals surface area contributed by atoms with Crippen molar-refractivity contribution in [3.05, 3.63) is 24.3 Å². The van der Waals surface area contributed by atoms with Crippen molar-refractivity contribution < 1.29 is 4.74 Å². The first-order valence-corrected chi connectivity index (χ1v) is 8.49. The van der Waals surface area contributed by atoms with Crippen molar-refractivity contribution in [2.45, 2.75) is 63.6 Å². The van der Waals surface area contributed by atoms with Crippen LogP contribution in [0, 0.1) is 0 Å². The quantitative estimate of drug-likeness (QED) is 0.852. The number of ether oxygens (including phenoxy) is 1. The molecule has 0 amide bonds. The monoisotopic (exact) mass is 288 g/mol. The molecule has 1 unspecified atom stereocenters. The zero-order valence-corrected chi connectivity index (χ0v) is 13.2. The first-order chi connectivity index (χ1) is 10.2. The zero-order valence-electron chi connectivity index (χ0n) is 13.2. The van der Waals surface area contributed by atoms with Crippen LogP contribution >= 0.6 is 0 Å². The Kier molecular flexibility index (Phi) is 4.39. The lowest BCUT2D eigenvalue weighted by atomic mass is 9.83. The summed E-state index contributed by atoms with van der Waals surface area (Å²) in [5.74, 6) is 0. The van der Waals surface area contributed by atoms with Crippen molar-refractivity contribution in [2.24, 2.45) is 0 Å². The number of rotatable bonds is 4. The van der Waals surface area contributed by atoms with Crippen LogP contribution in [0.2, 0.25) is 0 Å². The fraction of sp³-hybridized carbons (Fsp3) is 0.667. The molecule has 1 heterocycles. The van der Waals surface area contributed by atoms with Crippen molar-refractivity contribution in [1.82, 2.24) is 0 Å². The van der Waals surface area contributed by atoms with E-state index < -0.39 is 0 Å². The first-order valence-electron chi connectivity index (χ1n) is 8.49. The average molecular weight is 288 g/mol. The van der Waals surface area contributed by atoms with E-state index >= 15 is 0 Å². The fourth-order valence-corrected chi connectivity index (χ4v) is 3.94. The molecule has 0 aromatic heterocycles. The molecular weight excluding hydrogens is 260 g/mol. The van der Waals surface area contributed by atoms with Crippen LogP contribution in [-0.4, -0.2) is 24.8 Å². The van der Waals surface area contributed by atoms with Crippen molar-refractivity contribution in [3.8, 4) is 0 Å². The number of nitrogen functional groups attached to an aromatic ring is 1. The molecule has 3 rings (SSSR count).